The quantitative estimate of drug-likeness (QED) is 0.410. The second kappa shape index (κ2) is 8.56. The average Bonchev–Trinajstić information content (AvgIpc) is 3.25. The Kier molecular flexibility index (Phi) is 5.94. The Labute approximate surface area is 162 Å². The summed E-state index contributed by atoms with van der Waals surface area (Å²) in [7, 11) is 4.67. The molecule has 0 spiro atoms. The predicted octanol–water partition coefficient (Wildman–Crippen LogP) is 5.34. The first-order valence-electron chi connectivity index (χ1n) is 8.33. The van der Waals surface area contributed by atoms with Crippen LogP contribution in [0.2, 0.25) is 0 Å². The molecule has 1 heterocycles. The normalized spacial score (nSPS) is 10.8. The van der Waals surface area contributed by atoms with Gasteiger partial charge in [-0.05, 0) is 59.5 Å². The maximum absolute atomic E-state index is 12.8. The Bertz CT molecular complexity index is 936. The van der Waals surface area contributed by atoms with E-state index in [4.69, 9.17) is 14.2 Å². The molecule has 0 fully saturated rings. The van der Waals surface area contributed by atoms with Crippen LogP contribution in [0.4, 0.5) is 0 Å². The minimum Gasteiger partial charge on any atom is -0.496 e. The number of benzene rings is 2. The topological polar surface area (TPSA) is 44.8 Å². The first kappa shape index (κ1) is 18.7. The van der Waals surface area contributed by atoms with Gasteiger partial charge in [0.25, 0.3) is 0 Å². The highest BCUT2D eigenvalue weighted by molar-refractivity contribution is 7.13. The largest absolute Gasteiger partial charge is 0.496 e. The average molecular weight is 380 g/mol. The van der Waals surface area contributed by atoms with Crippen LogP contribution < -0.4 is 14.2 Å². The van der Waals surface area contributed by atoms with Gasteiger partial charge in [0.05, 0.1) is 21.3 Å². The molecule has 0 aliphatic carbocycles. The Balaban J connectivity index is 1.96. The van der Waals surface area contributed by atoms with E-state index in [0.717, 1.165) is 16.0 Å². The number of allylic oxidation sites excluding steroid dienone is 1. The van der Waals surface area contributed by atoms with E-state index < -0.39 is 0 Å². The van der Waals surface area contributed by atoms with Crippen molar-refractivity contribution in [2.75, 3.05) is 21.3 Å². The van der Waals surface area contributed by atoms with Crippen LogP contribution in [0.1, 0.15) is 15.9 Å². The van der Waals surface area contributed by atoms with Crippen LogP contribution in [-0.2, 0) is 0 Å². The van der Waals surface area contributed by atoms with E-state index in [9.17, 15) is 4.79 Å². The van der Waals surface area contributed by atoms with E-state index >= 15 is 0 Å². The summed E-state index contributed by atoms with van der Waals surface area (Å²) in [5.41, 5.74) is 2.30. The predicted molar refractivity (Wildman–Crippen MR) is 109 cm³/mol. The van der Waals surface area contributed by atoms with Crippen molar-refractivity contribution in [1.29, 1.82) is 0 Å². The smallest absolute Gasteiger partial charge is 0.193 e. The number of carbonyl (C=O) groups excluding carboxylic acids is 1. The summed E-state index contributed by atoms with van der Waals surface area (Å²) in [6.45, 7) is 0. The third kappa shape index (κ3) is 4.04. The van der Waals surface area contributed by atoms with Crippen LogP contribution in [0.25, 0.3) is 16.5 Å². The molecule has 0 amide bonds. The van der Waals surface area contributed by atoms with Gasteiger partial charge in [0.15, 0.2) is 5.78 Å². The molecule has 0 aliphatic heterocycles. The van der Waals surface area contributed by atoms with Crippen LogP contribution in [0, 0.1) is 0 Å². The lowest BCUT2D eigenvalue weighted by molar-refractivity contribution is 0.104. The molecule has 0 saturated heterocycles. The molecule has 5 heteroatoms. The second-order valence-corrected chi connectivity index (χ2v) is 6.62. The van der Waals surface area contributed by atoms with Crippen LogP contribution in [0.3, 0.4) is 0 Å². The number of ether oxygens (including phenoxy) is 3. The molecule has 3 aromatic rings. The van der Waals surface area contributed by atoms with Gasteiger partial charge in [-0.3, -0.25) is 4.79 Å². The molecule has 1 aromatic heterocycles. The van der Waals surface area contributed by atoms with Crippen molar-refractivity contribution in [3.63, 3.8) is 0 Å². The van der Waals surface area contributed by atoms with Crippen LogP contribution in [-0.4, -0.2) is 27.1 Å². The Morgan fingerprint density at radius 3 is 2.19 bits per heavy atom. The number of hydrogen-bond acceptors (Lipinski definition) is 5. The number of hydrogen-bond donors (Lipinski definition) is 0. The van der Waals surface area contributed by atoms with E-state index in [2.05, 4.69) is 6.07 Å². The molecule has 2 aromatic carbocycles. The molecule has 138 valence electrons. The van der Waals surface area contributed by atoms with Crippen molar-refractivity contribution in [3.8, 4) is 27.7 Å². The number of carbonyl (C=O) groups is 1. The summed E-state index contributed by atoms with van der Waals surface area (Å²) in [5, 5.41) is 2.03. The minimum absolute atomic E-state index is 0.201. The molecule has 0 aliphatic rings. The summed E-state index contributed by atoms with van der Waals surface area (Å²) in [5.74, 6) is 1.45. The van der Waals surface area contributed by atoms with Crippen LogP contribution >= 0.6 is 11.3 Å². The van der Waals surface area contributed by atoms with Crippen molar-refractivity contribution in [2.45, 2.75) is 0 Å². The summed E-state index contributed by atoms with van der Waals surface area (Å²) in [6.07, 6.45) is 3.26. The lowest BCUT2D eigenvalue weighted by Gasteiger charge is -2.10. The maximum Gasteiger partial charge on any atom is 0.193 e. The lowest BCUT2D eigenvalue weighted by atomic mass is 10.0. The highest BCUT2D eigenvalue weighted by Gasteiger charge is 2.16. The monoisotopic (exact) mass is 380 g/mol. The van der Waals surface area contributed by atoms with Crippen molar-refractivity contribution in [3.05, 3.63) is 71.1 Å². The van der Waals surface area contributed by atoms with Crippen molar-refractivity contribution >= 4 is 23.2 Å². The Morgan fingerprint density at radius 1 is 0.889 bits per heavy atom. The summed E-state index contributed by atoms with van der Waals surface area (Å²) in [6, 6.07) is 15.3. The molecule has 0 radical (unpaired) electrons. The van der Waals surface area contributed by atoms with E-state index in [-0.39, 0.29) is 5.78 Å². The lowest BCUT2D eigenvalue weighted by Crippen LogP contribution is -2.02. The van der Waals surface area contributed by atoms with Gasteiger partial charge in [0.1, 0.15) is 22.8 Å². The van der Waals surface area contributed by atoms with Crippen molar-refractivity contribution < 1.29 is 19.0 Å². The van der Waals surface area contributed by atoms with Crippen molar-refractivity contribution in [2.24, 2.45) is 0 Å². The van der Waals surface area contributed by atoms with Gasteiger partial charge >= 0.3 is 0 Å². The van der Waals surface area contributed by atoms with Gasteiger partial charge in [-0.2, -0.15) is 0 Å². The number of ketones is 1. The summed E-state index contributed by atoms with van der Waals surface area (Å²) in [4.78, 5) is 14.0. The standard InChI is InChI=1S/C22H20O4S/c1-24-18-12-10-16(21-8-5-13-27-21)14-15(18)9-11-17(23)22-19(25-2)6-4-7-20(22)26-3/h4-14H,1-3H3/b11-9+. The van der Waals surface area contributed by atoms with E-state index in [1.54, 1.807) is 42.7 Å². The van der Waals surface area contributed by atoms with Crippen molar-refractivity contribution in [1.82, 2.24) is 0 Å². The third-order valence-electron chi connectivity index (χ3n) is 4.12. The summed E-state index contributed by atoms with van der Waals surface area (Å²) < 4.78 is 16.1. The fourth-order valence-electron chi connectivity index (χ4n) is 2.80. The molecule has 0 unspecified atom stereocenters. The fraction of sp³-hybridized carbons (Fsp3) is 0.136. The molecule has 0 saturated carbocycles. The van der Waals surface area contributed by atoms with Gasteiger partial charge in [-0.25, -0.2) is 0 Å². The van der Waals surface area contributed by atoms with Gasteiger partial charge in [0, 0.05) is 10.4 Å². The van der Waals surface area contributed by atoms with E-state index in [1.807, 2.05) is 29.6 Å². The fourth-order valence-corrected chi connectivity index (χ4v) is 3.53. The van der Waals surface area contributed by atoms with Gasteiger partial charge < -0.3 is 14.2 Å². The summed E-state index contributed by atoms with van der Waals surface area (Å²) >= 11 is 1.66. The first-order chi connectivity index (χ1) is 13.2. The second-order valence-electron chi connectivity index (χ2n) is 5.67. The SMILES string of the molecule is COc1ccc(-c2cccs2)cc1/C=C/C(=O)c1c(OC)cccc1OC. The zero-order chi connectivity index (χ0) is 19.2. The molecule has 0 bridgehead atoms. The zero-order valence-corrected chi connectivity index (χ0v) is 16.2. The number of rotatable bonds is 7. The molecular weight excluding hydrogens is 360 g/mol. The highest BCUT2D eigenvalue weighted by Crippen LogP contribution is 2.32. The molecule has 0 N–H and O–H groups in total. The first-order valence-corrected chi connectivity index (χ1v) is 9.21. The van der Waals surface area contributed by atoms with E-state index in [0.29, 0.717) is 22.8 Å². The van der Waals surface area contributed by atoms with Gasteiger partial charge in [0.2, 0.25) is 0 Å². The van der Waals surface area contributed by atoms with Crippen LogP contribution in [0.15, 0.2) is 60.0 Å². The molecule has 27 heavy (non-hydrogen) atoms. The molecular formula is C22H20O4S. The third-order valence-corrected chi connectivity index (χ3v) is 5.04. The number of methoxy groups -OCH3 is 3. The Hall–Kier alpha value is -3.05. The molecule has 0 atom stereocenters. The molecule has 4 nitrogen and oxygen atoms in total. The van der Waals surface area contributed by atoms with Gasteiger partial charge in [-0.15, -0.1) is 11.3 Å². The van der Waals surface area contributed by atoms with Gasteiger partial charge in [-0.1, -0.05) is 12.1 Å². The highest BCUT2D eigenvalue weighted by atomic mass is 32.1. The number of thiophene rings is 1. The van der Waals surface area contributed by atoms with Crippen LogP contribution in [0.5, 0.6) is 17.2 Å². The Morgan fingerprint density at radius 2 is 1.59 bits per heavy atom. The maximum atomic E-state index is 12.8. The molecule has 3 rings (SSSR count). The minimum atomic E-state index is -0.201. The zero-order valence-electron chi connectivity index (χ0n) is 15.4. The van der Waals surface area contributed by atoms with E-state index in [1.165, 1.54) is 20.3 Å².